The first kappa shape index (κ1) is 24.6. The standard InChI is InChI=1S/C27H32ClN7O/c1-20-3-5-21(6-4-20)26-27(22-7-8-29-17-23(22)28)31-24(18-30-26)34-13-15-35(16-14-34)25(36)19-33-11-9-32(2)10-12-33/h3-8,17-18H,9-16,19H2,1-2H3. The summed E-state index contributed by atoms with van der Waals surface area (Å²) < 4.78 is 0. The lowest BCUT2D eigenvalue weighted by molar-refractivity contribution is -0.133. The first-order valence-electron chi connectivity index (χ1n) is 12.5. The molecule has 1 aromatic carbocycles. The molecule has 36 heavy (non-hydrogen) atoms. The van der Waals surface area contributed by atoms with E-state index in [0.29, 0.717) is 24.7 Å². The van der Waals surface area contributed by atoms with E-state index in [2.05, 4.69) is 57.9 Å². The van der Waals surface area contributed by atoms with E-state index < -0.39 is 0 Å². The number of hydrogen-bond acceptors (Lipinski definition) is 7. The summed E-state index contributed by atoms with van der Waals surface area (Å²) in [5, 5.41) is 0.539. The minimum atomic E-state index is 0.212. The molecular weight excluding hydrogens is 474 g/mol. The number of anilines is 1. The third kappa shape index (κ3) is 5.51. The van der Waals surface area contributed by atoms with Gasteiger partial charge in [-0.2, -0.15) is 0 Å². The van der Waals surface area contributed by atoms with E-state index in [1.54, 1.807) is 12.4 Å². The number of carbonyl (C=O) groups excluding carboxylic acids is 1. The largest absolute Gasteiger partial charge is 0.352 e. The molecule has 2 aliphatic heterocycles. The molecule has 0 aliphatic carbocycles. The number of halogens is 1. The number of aryl methyl sites for hydroxylation is 1. The molecule has 3 aromatic rings. The van der Waals surface area contributed by atoms with E-state index in [1.165, 1.54) is 5.56 Å². The van der Waals surface area contributed by atoms with Crippen molar-refractivity contribution >= 4 is 23.3 Å². The molecule has 0 atom stereocenters. The van der Waals surface area contributed by atoms with Crippen molar-refractivity contribution in [1.82, 2.24) is 29.7 Å². The summed E-state index contributed by atoms with van der Waals surface area (Å²) in [4.78, 5) is 35.6. The van der Waals surface area contributed by atoms with Gasteiger partial charge >= 0.3 is 0 Å². The Labute approximate surface area is 217 Å². The maximum Gasteiger partial charge on any atom is 0.236 e. The van der Waals surface area contributed by atoms with Gasteiger partial charge in [0.05, 0.1) is 23.5 Å². The van der Waals surface area contributed by atoms with Crippen molar-refractivity contribution in [2.24, 2.45) is 0 Å². The quantitative estimate of drug-likeness (QED) is 0.528. The first-order valence-corrected chi connectivity index (χ1v) is 12.8. The minimum Gasteiger partial charge on any atom is -0.352 e. The molecule has 8 nitrogen and oxygen atoms in total. The van der Waals surface area contributed by atoms with Crippen molar-refractivity contribution < 1.29 is 4.79 Å². The summed E-state index contributed by atoms with van der Waals surface area (Å²) >= 11 is 6.53. The lowest BCUT2D eigenvalue weighted by atomic mass is 10.0. The number of piperazine rings is 2. The normalized spacial score (nSPS) is 17.4. The Kier molecular flexibility index (Phi) is 7.46. The monoisotopic (exact) mass is 505 g/mol. The number of aromatic nitrogens is 3. The molecule has 2 fully saturated rings. The molecule has 2 aromatic heterocycles. The van der Waals surface area contributed by atoms with E-state index >= 15 is 0 Å². The average Bonchev–Trinajstić information content (AvgIpc) is 2.90. The van der Waals surface area contributed by atoms with E-state index in [1.807, 2.05) is 17.2 Å². The summed E-state index contributed by atoms with van der Waals surface area (Å²) in [7, 11) is 2.13. The fourth-order valence-electron chi connectivity index (χ4n) is 4.69. The summed E-state index contributed by atoms with van der Waals surface area (Å²) in [5.41, 5.74) is 4.50. The number of rotatable bonds is 5. The highest BCUT2D eigenvalue weighted by Gasteiger charge is 2.25. The van der Waals surface area contributed by atoms with Crippen molar-refractivity contribution in [3.8, 4) is 22.5 Å². The van der Waals surface area contributed by atoms with Crippen molar-refractivity contribution in [3.63, 3.8) is 0 Å². The van der Waals surface area contributed by atoms with Crippen LogP contribution >= 0.6 is 11.6 Å². The predicted octanol–water partition coefficient (Wildman–Crippen LogP) is 3.06. The molecular formula is C27H32ClN7O. The lowest BCUT2D eigenvalue weighted by Crippen LogP contribution is -2.53. The summed E-state index contributed by atoms with van der Waals surface area (Å²) in [6.45, 7) is 9.30. The summed E-state index contributed by atoms with van der Waals surface area (Å²) in [6.07, 6.45) is 5.18. The molecule has 2 saturated heterocycles. The van der Waals surface area contributed by atoms with Crippen molar-refractivity contribution in [1.29, 1.82) is 0 Å². The SMILES string of the molecule is Cc1ccc(-c2ncc(N3CCN(C(=O)CN4CCN(C)CC4)CC3)nc2-c2ccncc2Cl)cc1. The van der Waals surface area contributed by atoms with Crippen molar-refractivity contribution in [2.45, 2.75) is 6.92 Å². The fourth-order valence-corrected chi connectivity index (χ4v) is 4.90. The van der Waals surface area contributed by atoms with Crippen molar-refractivity contribution in [2.75, 3.05) is 70.9 Å². The highest BCUT2D eigenvalue weighted by Crippen LogP contribution is 2.34. The smallest absolute Gasteiger partial charge is 0.236 e. The molecule has 4 heterocycles. The van der Waals surface area contributed by atoms with E-state index in [0.717, 1.165) is 67.6 Å². The average molecular weight is 506 g/mol. The Morgan fingerprint density at radius 1 is 0.917 bits per heavy atom. The Morgan fingerprint density at radius 3 is 2.33 bits per heavy atom. The number of nitrogens with zero attached hydrogens (tertiary/aromatic N) is 7. The number of amides is 1. The molecule has 0 unspecified atom stereocenters. The molecule has 5 rings (SSSR count). The zero-order valence-corrected chi connectivity index (χ0v) is 21.7. The Balaban J connectivity index is 1.32. The molecule has 1 amide bonds. The molecule has 188 valence electrons. The number of hydrogen-bond donors (Lipinski definition) is 0. The number of likely N-dealkylation sites (N-methyl/N-ethyl adjacent to an activating group) is 1. The van der Waals surface area contributed by atoms with Crippen LogP contribution in [0.1, 0.15) is 5.56 Å². The number of carbonyl (C=O) groups is 1. The first-order chi connectivity index (χ1) is 17.5. The van der Waals surface area contributed by atoms with Crippen LogP contribution in [0.25, 0.3) is 22.5 Å². The maximum absolute atomic E-state index is 12.9. The maximum atomic E-state index is 12.9. The highest BCUT2D eigenvalue weighted by molar-refractivity contribution is 6.33. The van der Waals surface area contributed by atoms with Crippen LogP contribution in [0, 0.1) is 6.92 Å². The van der Waals surface area contributed by atoms with Gasteiger partial charge in [0.1, 0.15) is 11.5 Å². The highest BCUT2D eigenvalue weighted by atomic mass is 35.5. The summed E-state index contributed by atoms with van der Waals surface area (Å²) in [5.74, 6) is 1.00. The lowest BCUT2D eigenvalue weighted by Gasteiger charge is -2.37. The van der Waals surface area contributed by atoms with Gasteiger partial charge in [0.15, 0.2) is 0 Å². The van der Waals surface area contributed by atoms with Crippen molar-refractivity contribution in [3.05, 3.63) is 59.5 Å². The third-order valence-electron chi connectivity index (χ3n) is 7.02. The Morgan fingerprint density at radius 2 is 1.64 bits per heavy atom. The molecule has 0 bridgehead atoms. The van der Waals surface area contributed by atoms with Crippen LogP contribution in [0.3, 0.4) is 0 Å². The Bertz CT molecular complexity index is 1200. The van der Waals surface area contributed by atoms with Gasteiger partial charge in [-0.05, 0) is 20.0 Å². The molecule has 9 heteroatoms. The zero-order chi connectivity index (χ0) is 25.1. The van der Waals surface area contributed by atoms with Gasteiger partial charge < -0.3 is 14.7 Å². The van der Waals surface area contributed by atoms with Crippen LogP contribution < -0.4 is 4.90 Å². The molecule has 2 aliphatic rings. The molecule has 0 spiro atoms. The van der Waals surface area contributed by atoms with Crippen LogP contribution in [0.2, 0.25) is 5.02 Å². The zero-order valence-electron chi connectivity index (χ0n) is 20.9. The van der Waals surface area contributed by atoms with E-state index in [-0.39, 0.29) is 5.91 Å². The van der Waals surface area contributed by atoms with Gasteiger partial charge in [0.25, 0.3) is 0 Å². The van der Waals surface area contributed by atoms with E-state index in [4.69, 9.17) is 21.6 Å². The van der Waals surface area contributed by atoms with Crippen LogP contribution in [0.15, 0.2) is 48.9 Å². The third-order valence-corrected chi connectivity index (χ3v) is 7.32. The predicted molar refractivity (Wildman–Crippen MR) is 143 cm³/mol. The van der Waals surface area contributed by atoms with Crippen LogP contribution in [-0.2, 0) is 4.79 Å². The molecule has 0 N–H and O–H groups in total. The van der Waals surface area contributed by atoms with Gasteiger partial charge in [-0.25, -0.2) is 4.98 Å². The molecule has 0 saturated carbocycles. The minimum absolute atomic E-state index is 0.212. The van der Waals surface area contributed by atoms with Crippen LogP contribution in [0.5, 0.6) is 0 Å². The second-order valence-electron chi connectivity index (χ2n) is 9.59. The summed E-state index contributed by atoms with van der Waals surface area (Å²) in [6, 6.07) is 10.1. The Hall–Kier alpha value is -3.07. The fraction of sp³-hybridized carbons (Fsp3) is 0.407. The van der Waals surface area contributed by atoms with Gasteiger partial charge in [0, 0.05) is 75.9 Å². The number of pyridine rings is 1. The van der Waals surface area contributed by atoms with Gasteiger partial charge in [-0.15, -0.1) is 0 Å². The van der Waals surface area contributed by atoms with Gasteiger partial charge in [0.2, 0.25) is 5.91 Å². The van der Waals surface area contributed by atoms with Gasteiger partial charge in [-0.3, -0.25) is 19.7 Å². The van der Waals surface area contributed by atoms with Gasteiger partial charge in [-0.1, -0.05) is 41.4 Å². The van der Waals surface area contributed by atoms with Crippen LogP contribution in [-0.4, -0.2) is 102 Å². The van der Waals surface area contributed by atoms with Crippen LogP contribution in [0.4, 0.5) is 5.82 Å². The topological polar surface area (TPSA) is 68.7 Å². The second-order valence-corrected chi connectivity index (χ2v) is 10.0. The molecule has 0 radical (unpaired) electrons. The second kappa shape index (κ2) is 10.9. The van der Waals surface area contributed by atoms with E-state index in [9.17, 15) is 4.79 Å². The number of benzene rings is 1.